The van der Waals surface area contributed by atoms with Crippen molar-refractivity contribution in [2.75, 3.05) is 21.7 Å². The van der Waals surface area contributed by atoms with Crippen LogP contribution in [0, 0.1) is 6.92 Å². The zero-order chi connectivity index (χ0) is 18.0. The quantitative estimate of drug-likeness (QED) is 0.789. The number of fused-ring (bicyclic) bond motifs is 1. The molecular formula is C18H17N3O3S. The maximum atomic E-state index is 12.5. The lowest BCUT2D eigenvalue weighted by molar-refractivity contribution is -0.114. The third-order valence-electron chi connectivity index (χ3n) is 3.68. The molecule has 2 aromatic carbocycles. The summed E-state index contributed by atoms with van der Waals surface area (Å²) in [4.78, 5) is 36.2. The van der Waals surface area contributed by atoms with E-state index in [1.54, 1.807) is 24.3 Å². The van der Waals surface area contributed by atoms with Crippen LogP contribution in [-0.4, -0.2) is 23.5 Å². The second-order valence-electron chi connectivity index (χ2n) is 5.71. The first-order valence-electron chi connectivity index (χ1n) is 7.68. The van der Waals surface area contributed by atoms with E-state index in [0.29, 0.717) is 28.4 Å². The van der Waals surface area contributed by atoms with Gasteiger partial charge in [-0.05, 0) is 42.8 Å². The van der Waals surface area contributed by atoms with Crippen molar-refractivity contribution in [1.29, 1.82) is 0 Å². The van der Waals surface area contributed by atoms with Gasteiger partial charge in [-0.15, -0.1) is 11.8 Å². The Morgan fingerprint density at radius 1 is 1.12 bits per heavy atom. The molecule has 0 aliphatic carbocycles. The Kier molecular flexibility index (Phi) is 4.76. The van der Waals surface area contributed by atoms with Gasteiger partial charge in [-0.2, -0.15) is 0 Å². The number of hydrogen-bond donors (Lipinski definition) is 3. The van der Waals surface area contributed by atoms with Gasteiger partial charge in [-0.1, -0.05) is 6.07 Å². The zero-order valence-electron chi connectivity index (χ0n) is 13.8. The van der Waals surface area contributed by atoms with Gasteiger partial charge < -0.3 is 16.0 Å². The van der Waals surface area contributed by atoms with Crippen molar-refractivity contribution < 1.29 is 14.4 Å². The van der Waals surface area contributed by atoms with E-state index in [0.717, 1.165) is 10.5 Å². The molecule has 25 heavy (non-hydrogen) atoms. The Bertz CT molecular complexity index is 880. The molecule has 7 heteroatoms. The number of hydrogen-bond acceptors (Lipinski definition) is 4. The first kappa shape index (κ1) is 17.0. The molecule has 0 atom stereocenters. The van der Waals surface area contributed by atoms with E-state index in [2.05, 4.69) is 16.0 Å². The molecule has 0 spiro atoms. The van der Waals surface area contributed by atoms with Crippen molar-refractivity contribution in [3.05, 3.63) is 47.5 Å². The molecule has 0 bridgehead atoms. The van der Waals surface area contributed by atoms with Crippen molar-refractivity contribution in [2.24, 2.45) is 0 Å². The first-order valence-corrected chi connectivity index (χ1v) is 8.67. The van der Waals surface area contributed by atoms with Crippen LogP contribution >= 0.6 is 11.8 Å². The molecule has 3 amide bonds. The Balaban J connectivity index is 1.79. The predicted octanol–water partition coefficient (Wildman–Crippen LogP) is 3.25. The van der Waals surface area contributed by atoms with Crippen LogP contribution in [0.5, 0.6) is 0 Å². The maximum Gasteiger partial charge on any atom is 0.255 e. The predicted molar refractivity (Wildman–Crippen MR) is 99.2 cm³/mol. The summed E-state index contributed by atoms with van der Waals surface area (Å²) in [5.74, 6) is -0.151. The average Bonchev–Trinajstić information content (AvgIpc) is 2.56. The fraction of sp³-hybridized carbons (Fsp3) is 0.167. The lowest BCUT2D eigenvalue weighted by Gasteiger charge is -2.17. The topological polar surface area (TPSA) is 87.3 Å². The van der Waals surface area contributed by atoms with Crippen LogP contribution in [0.25, 0.3) is 0 Å². The number of nitrogens with one attached hydrogen (secondary N) is 3. The number of carbonyl (C=O) groups excluding carboxylic acids is 3. The van der Waals surface area contributed by atoms with Crippen LogP contribution in [0.15, 0.2) is 41.3 Å². The number of carbonyl (C=O) groups is 3. The summed E-state index contributed by atoms with van der Waals surface area (Å²) in [5, 5.41) is 8.31. The van der Waals surface area contributed by atoms with Crippen LogP contribution in [-0.2, 0) is 9.59 Å². The second kappa shape index (κ2) is 6.98. The molecule has 3 N–H and O–H groups in total. The second-order valence-corrected chi connectivity index (χ2v) is 6.73. The molecule has 0 saturated heterocycles. The summed E-state index contributed by atoms with van der Waals surface area (Å²) in [6.07, 6.45) is 0. The molecule has 1 heterocycles. The largest absolute Gasteiger partial charge is 0.326 e. The molecule has 6 nitrogen and oxygen atoms in total. The number of anilines is 3. The molecular weight excluding hydrogens is 338 g/mol. The van der Waals surface area contributed by atoms with Crippen molar-refractivity contribution in [1.82, 2.24) is 0 Å². The highest BCUT2D eigenvalue weighted by atomic mass is 32.2. The van der Waals surface area contributed by atoms with Crippen molar-refractivity contribution in [3.63, 3.8) is 0 Å². The fourth-order valence-electron chi connectivity index (χ4n) is 2.45. The van der Waals surface area contributed by atoms with Crippen LogP contribution in [0.2, 0.25) is 0 Å². The third kappa shape index (κ3) is 4.00. The van der Waals surface area contributed by atoms with Gasteiger partial charge in [0, 0.05) is 28.8 Å². The molecule has 0 aromatic heterocycles. The van der Waals surface area contributed by atoms with E-state index < -0.39 is 0 Å². The minimum atomic E-state index is -0.287. The van der Waals surface area contributed by atoms with Crippen LogP contribution < -0.4 is 16.0 Å². The van der Waals surface area contributed by atoms with Gasteiger partial charge in [-0.3, -0.25) is 14.4 Å². The average molecular weight is 355 g/mol. The van der Waals surface area contributed by atoms with Gasteiger partial charge in [0.15, 0.2) is 0 Å². The van der Waals surface area contributed by atoms with Gasteiger partial charge in [0.05, 0.1) is 11.4 Å². The van der Waals surface area contributed by atoms with E-state index >= 15 is 0 Å². The summed E-state index contributed by atoms with van der Waals surface area (Å²) >= 11 is 1.45. The van der Waals surface area contributed by atoms with Crippen LogP contribution in [0.1, 0.15) is 22.8 Å². The minimum Gasteiger partial charge on any atom is -0.326 e. The molecule has 0 unspecified atom stereocenters. The monoisotopic (exact) mass is 355 g/mol. The highest BCUT2D eigenvalue weighted by molar-refractivity contribution is 8.00. The number of aryl methyl sites for hydroxylation is 1. The van der Waals surface area contributed by atoms with Gasteiger partial charge in [0.25, 0.3) is 5.91 Å². The Morgan fingerprint density at radius 2 is 1.92 bits per heavy atom. The Hall–Kier alpha value is -2.80. The molecule has 1 aliphatic heterocycles. The van der Waals surface area contributed by atoms with Gasteiger partial charge in [-0.25, -0.2) is 0 Å². The highest BCUT2D eigenvalue weighted by Crippen LogP contribution is 2.32. The van der Waals surface area contributed by atoms with Gasteiger partial charge >= 0.3 is 0 Å². The Labute approximate surface area is 149 Å². The maximum absolute atomic E-state index is 12.5. The minimum absolute atomic E-state index is 0.0754. The van der Waals surface area contributed by atoms with Gasteiger partial charge in [0.2, 0.25) is 11.8 Å². The summed E-state index contributed by atoms with van der Waals surface area (Å²) in [5.41, 5.74) is 3.23. The van der Waals surface area contributed by atoms with Crippen molar-refractivity contribution in [2.45, 2.75) is 18.7 Å². The van der Waals surface area contributed by atoms with Crippen LogP contribution in [0.4, 0.5) is 17.1 Å². The molecule has 0 fully saturated rings. The molecule has 0 radical (unpaired) electrons. The smallest absolute Gasteiger partial charge is 0.255 e. The Morgan fingerprint density at radius 3 is 2.68 bits per heavy atom. The van der Waals surface area contributed by atoms with E-state index in [1.165, 1.54) is 18.7 Å². The fourth-order valence-corrected chi connectivity index (χ4v) is 3.24. The first-order chi connectivity index (χ1) is 11.9. The van der Waals surface area contributed by atoms with Crippen LogP contribution in [0.3, 0.4) is 0 Å². The number of rotatable bonds is 3. The SMILES string of the molecule is CC(=O)Nc1cc(NC(=O)c2ccc3c(c2)NC(=O)CS3)ccc1C. The number of amides is 3. The lowest BCUT2D eigenvalue weighted by Crippen LogP contribution is -2.20. The lowest BCUT2D eigenvalue weighted by atomic mass is 10.1. The van der Waals surface area contributed by atoms with E-state index in [1.807, 2.05) is 19.1 Å². The normalized spacial score (nSPS) is 12.8. The van der Waals surface area contributed by atoms with Crippen molar-refractivity contribution >= 4 is 46.5 Å². The summed E-state index contributed by atoms with van der Waals surface area (Å²) in [7, 11) is 0. The van der Waals surface area contributed by atoms with E-state index in [4.69, 9.17) is 0 Å². The summed E-state index contributed by atoms with van der Waals surface area (Å²) in [6.45, 7) is 3.31. The van der Waals surface area contributed by atoms with Crippen molar-refractivity contribution in [3.8, 4) is 0 Å². The molecule has 128 valence electrons. The van der Waals surface area contributed by atoms with E-state index in [-0.39, 0.29) is 17.7 Å². The molecule has 0 saturated carbocycles. The highest BCUT2D eigenvalue weighted by Gasteiger charge is 2.17. The third-order valence-corrected chi connectivity index (χ3v) is 4.75. The standard InChI is InChI=1S/C18H17N3O3S/c1-10-3-5-13(8-14(10)19-11(2)22)20-18(24)12-4-6-16-15(7-12)21-17(23)9-25-16/h3-8H,9H2,1-2H3,(H,19,22)(H,20,24)(H,21,23). The molecule has 2 aromatic rings. The summed E-state index contributed by atoms with van der Waals surface area (Å²) in [6, 6.07) is 10.5. The molecule has 3 rings (SSSR count). The number of benzene rings is 2. The summed E-state index contributed by atoms with van der Waals surface area (Å²) < 4.78 is 0. The molecule has 1 aliphatic rings. The van der Waals surface area contributed by atoms with E-state index in [9.17, 15) is 14.4 Å². The number of thioether (sulfide) groups is 1. The zero-order valence-corrected chi connectivity index (χ0v) is 14.6. The van der Waals surface area contributed by atoms with Gasteiger partial charge in [0.1, 0.15) is 0 Å².